The monoisotopic (exact) mass is 231 g/mol. The number of nitrogens with two attached hydrogens (primary N) is 1. The number of hydrogen-bond donors (Lipinski definition) is 1. The van der Waals surface area contributed by atoms with Gasteiger partial charge in [0.25, 0.3) is 0 Å². The van der Waals surface area contributed by atoms with Crippen LogP contribution in [0.3, 0.4) is 0 Å². The van der Waals surface area contributed by atoms with Crippen molar-refractivity contribution in [2.24, 2.45) is 11.7 Å². The number of rotatable bonds is 4. The fraction of sp³-hybridized carbons (Fsp3) is 0.455. The van der Waals surface area contributed by atoms with Gasteiger partial charge in [-0.1, -0.05) is 18.5 Å². The lowest BCUT2D eigenvalue weighted by atomic mass is 10.0. The van der Waals surface area contributed by atoms with Gasteiger partial charge < -0.3 is 10.5 Å². The summed E-state index contributed by atoms with van der Waals surface area (Å²) < 4.78 is 18.5. The summed E-state index contributed by atoms with van der Waals surface area (Å²) in [7, 11) is 1.51. The molecule has 1 atom stereocenters. The zero-order valence-corrected chi connectivity index (χ0v) is 9.64. The lowest BCUT2D eigenvalue weighted by Crippen LogP contribution is -2.13. The summed E-state index contributed by atoms with van der Waals surface area (Å²) in [5, 5.41) is 0.291. The molecule has 0 aromatic heterocycles. The minimum atomic E-state index is -0.305. The summed E-state index contributed by atoms with van der Waals surface area (Å²) in [6.45, 7) is 2.50. The maximum Gasteiger partial charge on any atom is 0.137 e. The molecular weight excluding hydrogens is 217 g/mol. The zero-order chi connectivity index (χ0) is 11.4. The van der Waals surface area contributed by atoms with Crippen molar-refractivity contribution < 1.29 is 9.13 Å². The first-order chi connectivity index (χ1) is 7.08. The van der Waals surface area contributed by atoms with Crippen LogP contribution in [0.2, 0.25) is 5.02 Å². The summed E-state index contributed by atoms with van der Waals surface area (Å²) in [6, 6.07) is 2.91. The molecule has 0 saturated heterocycles. The number of hydrogen-bond acceptors (Lipinski definition) is 2. The Morgan fingerprint density at radius 2 is 2.20 bits per heavy atom. The smallest absolute Gasteiger partial charge is 0.137 e. The molecule has 0 aliphatic carbocycles. The van der Waals surface area contributed by atoms with E-state index in [-0.39, 0.29) is 11.7 Å². The van der Waals surface area contributed by atoms with Crippen LogP contribution in [0, 0.1) is 11.7 Å². The molecular formula is C11H15ClFNO. The second-order valence-corrected chi connectivity index (χ2v) is 4.03. The molecule has 0 fully saturated rings. The molecule has 0 aliphatic rings. The molecule has 4 heteroatoms. The first-order valence-corrected chi connectivity index (χ1v) is 5.18. The van der Waals surface area contributed by atoms with Crippen LogP contribution in [0.25, 0.3) is 0 Å². The quantitative estimate of drug-likeness (QED) is 0.865. The molecule has 1 aromatic carbocycles. The van der Waals surface area contributed by atoms with E-state index in [1.54, 1.807) is 6.07 Å². The van der Waals surface area contributed by atoms with Crippen molar-refractivity contribution in [2.75, 3.05) is 13.7 Å². The van der Waals surface area contributed by atoms with Gasteiger partial charge in [0, 0.05) is 0 Å². The van der Waals surface area contributed by atoms with Gasteiger partial charge >= 0.3 is 0 Å². The number of halogens is 2. The normalized spacial score (nSPS) is 12.6. The van der Waals surface area contributed by atoms with E-state index in [0.717, 1.165) is 0 Å². The summed E-state index contributed by atoms with van der Waals surface area (Å²) >= 11 is 5.78. The fourth-order valence-electron chi connectivity index (χ4n) is 1.34. The van der Waals surface area contributed by atoms with Gasteiger partial charge in [-0.2, -0.15) is 0 Å². The minimum absolute atomic E-state index is 0.241. The van der Waals surface area contributed by atoms with Gasteiger partial charge in [0.1, 0.15) is 11.6 Å². The highest BCUT2D eigenvalue weighted by Gasteiger charge is 2.11. The van der Waals surface area contributed by atoms with Gasteiger partial charge in [-0.05, 0) is 36.6 Å². The molecule has 1 unspecified atom stereocenters. The van der Waals surface area contributed by atoms with Crippen molar-refractivity contribution >= 4 is 11.6 Å². The molecule has 0 amide bonds. The highest BCUT2D eigenvalue weighted by molar-refractivity contribution is 6.32. The molecule has 2 N–H and O–H groups in total. The molecule has 0 radical (unpaired) electrons. The second-order valence-electron chi connectivity index (χ2n) is 3.62. The highest BCUT2D eigenvalue weighted by atomic mass is 35.5. The van der Waals surface area contributed by atoms with Gasteiger partial charge in [-0.3, -0.25) is 0 Å². The van der Waals surface area contributed by atoms with Crippen molar-refractivity contribution in [3.8, 4) is 5.75 Å². The zero-order valence-electron chi connectivity index (χ0n) is 8.89. The van der Waals surface area contributed by atoms with Crippen LogP contribution in [0.5, 0.6) is 5.75 Å². The Morgan fingerprint density at radius 1 is 1.53 bits per heavy atom. The second kappa shape index (κ2) is 5.33. The van der Waals surface area contributed by atoms with E-state index in [0.29, 0.717) is 29.3 Å². The maximum atomic E-state index is 13.5. The topological polar surface area (TPSA) is 35.2 Å². The lowest BCUT2D eigenvalue weighted by molar-refractivity contribution is 0.412. The first kappa shape index (κ1) is 12.3. The van der Waals surface area contributed by atoms with Gasteiger partial charge in [0.2, 0.25) is 0 Å². The van der Waals surface area contributed by atoms with E-state index in [4.69, 9.17) is 22.1 Å². The van der Waals surface area contributed by atoms with Crippen LogP contribution < -0.4 is 10.5 Å². The van der Waals surface area contributed by atoms with Crippen molar-refractivity contribution in [1.82, 2.24) is 0 Å². The summed E-state index contributed by atoms with van der Waals surface area (Å²) in [4.78, 5) is 0. The van der Waals surface area contributed by atoms with E-state index in [9.17, 15) is 4.39 Å². The molecule has 0 bridgehead atoms. The van der Waals surface area contributed by atoms with Crippen molar-refractivity contribution in [2.45, 2.75) is 13.3 Å². The van der Waals surface area contributed by atoms with Crippen molar-refractivity contribution in [1.29, 1.82) is 0 Å². The average molecular weight is 232 g/mol. The van der Waals surface area contributed by atoms with Crippen LogP contribution >= 0.6 is 11.6 Å². The predicted molar refractivity (Wildman–Crippen MR) is 59.9 cm³/mol. The molecule has 0 saturated carbocycles. The average Bonchev–Trinajstić information content (AvgIpc) is 2.21. The Kier molecular flexibility index (Phi) is 4.36. The molecule has 0 aliphatic heterocycles. The third kappa shape index (κ3) is 3.08. The molecule has 0 spiro atoms. The molecule has 2 nitrogen and oxygen atoms in total. The Balaban J connectivity index is 2.97. The molecule has 1 aromatic rings. The van der Waals surface area contributed by atoms with Gasteiger partial charge in [0.15, 0.2) is 0 Å². The molecule has 0 heterocycles. The third-order valence-electron chi connectivity index (χ3n) is 2.29. The van der Waals surface area contributed by atoms with Crippen LogP contribution in [0.4, 0.5) is 4.39 Å². The lowest BCUT2D eigenvalue weighted by Gasteiger charge is -2.11. The fourth-order valence-corrected chi connectivity index (χ4v) is 1.57. The largest absolute Gasteiger partial charge is 0.495 e. The van der Waals surface area contributed by atoms with E-state index in [1.807, 2.05) is 6.92 Å². The van der Waals surface area contributed by atoms with Gasteiger partial charge in [0.05, 0.1) is 12.1 Å². The first-order valence-electron chi connectivity index (χ1n) is 4.80. The Labute approximate surface area is 94.2 Å². The van der Waals surface area contributed by atoms with E-state index >= 15 is 0 Å². The number of benzene rings is 1. The summed E-state index contributed by atoms with van der Waals surface area (Å²) in [5.74, 6) is 0.434. The van der Waals surface area contributed by atoms with Gasteiger partial charge in [-0.25, -0.2) is 4.39 Å². The SMILES string of the molecule is COc1cc(CC(C)CN)c(F)cc1Cl. The Bertz CT molecular complexity index is 344. The predicted octanol–water partition coefficient (Wildman–Crippen LogP) is 2.62. The van der Waals surface area contributed by atoms with Crippen LogP contribution in [-0.2, 0) is 6.42 Å². The highest BCUT2D eigenvalue weighted by Crippen LogP contribution is 2.28. The Hall–Kier alpha value is -0.800. The summed E-state index contributed by atoms with van der Waals surface area (Å²) in [6.07, 6.45) is 0.593. The van der Waals surface area contributed by atoms with Crippen molar-refractivity contribution in [3.05, 3.63) is 28.5 Å². The van der Waals surface area contributed by atoms with Crippen molar-refractivity contribution in [3.63, 3.8) is 0 Å². The number of ether oxygens (including phenoxy) is 1. The van der Waals surface area contributed by atoms with Gasteiger partial charge in [-0.15, -0.1) is 0 Å². The summed E-state index contributed by atoms with van der Waals surface area (Å²) in [5.41, 5.74) is 6.08. The third-order valence-corrected chi connectivity index (χ3v) is 2.59. The van der Waals surface area contributed by atoms with E-state index < -0.39 is 0 Å². The number of methoxy groups -OCH3 is 1. The van der Waals surface area contributed by atoms with Crippen LogP contribution in [-0.4, -0.2) is 13.7 Å². The standard InChI is InChI=1S/C11H15ClFNO/c1-7(6-14)3-8-4-11(15-2)9(12)5-10(8)13/h4-5,7H,3,6,14H2,1-2H3. The maximum absolute atomic E-state index is 13.5. The molecule has 84 valence electrons. The van der Waals surface area contributed by atoms with Crippen LogP contribution in [0.1, 0.15) is 12.5 Å². The molecule has 15 heavy (non-hydrogen) atoms. The Morgan fingerprint density at radius 3 is 2.73 bits per heavy atom. The van der Waals surface area contributed by atoms with Crippen LogP contribution in [0.15, 0.2) is 12.1 Å². The minimum Gasteiger partial charge on any atom is -0.495 e. The van der Waals surface area contributed by atoms with E-state index in [1.165, 1.54) is 13.2 Å². The van der Waals surface area contributed by atoms with E-state index in [2.05, 4.69) is 0 Å². The molecule has 1 rings (SSSR count).